The smallest absolute Gasteiger partial charge is 0.242 e. The summed E-state index contributed by atoms with van der Waals surface area (Å²) in [6, 6.07) is 15.1. The van der Waals surface area contributed by atoms with Crippen molar-refractivity contribution in [2.45, 2.75) is 56.7 Å². The summed E-state index contributed by atoms with van der Waals surface area (Å²) >= 11 is 0. The SMILES string of the molecule is Cc1ccc(C(N)C(=O)NC2CC3(CCCC3)Oc3ccccc32)cc1.Cl. The molecule has 0 bridgehead atoms. The van der Waals surface area contributed by atoms with Gasteiger partial charge in [-0.3, -0.25) is 4.79 Å². The van der Waals surface area contributed by atoms with Crippen LogP contribution in [0.3, 0.4) is 0 Å². The second kappa shape index (κ2) is 7.91. The molecule has 2 atom stereocenters. The first-order valence-corrected chi connectivity index (χ1v) is 9.47. The Morgan fingerprint density at radius 1 is 1.15 bits per heavy atom. The van der Waals surface area contributed by atoms with E-state index in [2.05, 4.69) is 5.32 Å². The average Bonchev–Trinajstić information content (AvgIpc) is 3.09. The summed E-state index contributed by atoms with van der Waals surface area (Å²) in [5.74, 6) is 0.763. The van der Waals surface area contributed by atoms with E-state index in [0.717, 1.165) is 41.7 Å². The molecule has 1 aliphatic carbocycles. The molecule has 144 valence electrons. The molecule has 1 amide bonds. The van der Waals surface area contributed by atoms with Crippen LogP contribution in [0, 0.1) is 6.92 Å². The van der Waals surface area contributed by atoms with Crippen LogP contribution in [0.15, 0.2) is 48.5 Å². The number of hydrogen-bond acceptors (Lipinski definition) is 3. The minimum Gasteiger partial charge on any atom is -0.487 e. The largest absolute Gasteiger partial charge is 0.487 e. The quantitative estimate of drug-likeness (QED) is 0.823. The third kappa shape index (κ3) is 3.97. The zero-order chi connectivity index (χ0) is 18.1. The van der Waals surface area contributed by atoms with E-state index in [-0.39, 0.29) is 30.0 Å². The number of rotatable bonds is 3. The summed E-state index contributed by atoms with van der Waals surface area (Å²) in [4.78, 5) is 12.8. The molecule has 5 heteroatoms. The average molecular weight is 387 g/mol. The van der Waals surface area contributed by atoms with Crippen LogP contribution in [0.25, 0.3) is 0 Å². The van der Waals surface area contributed by atoms with Gasteiger partial charge in [0.05, 0.1) is 6.04 Å². The molecule has 0 aromatic heterocycles. The van der Waals surface area contributed by atoms with Gasteiger partial charge in [-0.25, -0.2) is 0 Å². The first kappa shape index (κ1) is 19.7. The van der Waals surface area contributed by atoms with Crippen molar-refractivity contribution in [2.24, 2.45) is 5.73 Å². The summed E-state index contributed by atoms with van der Waals surface area (Å²) in [5, 5.41) is 3.20. The van der Waals surface area contributed by atoms with E-state index in [9.17, 15) is 4.79 Å². The predicted molar refractivity (Wildman–Crippen MR) is 109 cm³/mol. The van der Waals surface area contributed by atoms with E-state index in [1.807, 2.05) is 55.5 Å². The molecule has 4 nitrogen and oxygen atoms in total. The van der Waals surface area contributed by atoms with Gasteiger partial charge in [-0.1, -0.05) is 48.0 Å². The maximum absolute atomic E-state index is 12.8. The second-order valence-electron chi connectivity index (χ2n) is 7.68. The van der Waals surface area contributed by atoms with Gasteiger partial charge in [0.15, 0.2) is 0 Å². The minimum absolute atomic E-state index is 0. The molecule has 2 aromatic rings. The fraction of sp³-hybridized carbons (Fsp3) is 0.409. The molecule has 1 aliphatic heterocycles. The Balaban J connectivity index is 0.00000210. The number of benzene rings is 2. The number of nitrogens with two attached hydrogens (primary N) is 1. The van der Waals surface area contributed by atoms with Crippen LogP contribution in [-0.2, 0) is 4.79 Å². The monoisotopic (exact) mass is 386 g/mol. The number of carbonyl (C=O) groups is 1. The summed E-state index contributed by atoms with van der Waals surface area (Å²) in [6.07, 6.45) is 5.29. The molecule has 0 saturated heterocycles. The van der Waals surface area contributed by atoms with Gasteiger partial charge in [0.2, 0.25) is 5.91 Å². The third-order valence-electron chi connectivity index (χ3n) is 5.75. The van der Waals surface area contributed by atoms with Crippen molar-refractivity contribution in [3.05, 3.63) is 65.2 Å². The van der Waals surface area contributed by atoms with Gasteiger partial charge in [0, 0.05) is 12.0 Å². The maximum Gasteiger partial charge on any atom is 0.242 e. The van der Waals surface area contributed by atoms with E-state index in [1.54, 1.807) is 0 Å². The molecular formula is C22H27ClN2O2. The second-order valence-corrected chi connectivity index (χ2v) is 7.68. The lowest BCUT2D eigenvalue weighted by Crippen LogP contribution is -2.45. The van der Waals surface area contributed by atoms with Crippen molar-refractivity contribution in [3.8, 4) is 5.75 Å². The molecule has 4 rings (SSSR count). The van der Waals surface area contributed by atoms with Crippen LogP contribution in [0.2, 0.25) is 0 Å². The summed E-state index contributed by atoms with van der Waals surface area (Å²) in [7, 11) is 0. The van der Waals surface area contributed by atoms with Gasteiger partial charge in [0.25, 0.3) is 0 Å². The van der Waals surface area contributed by atoms with E-state index >= 15 is 0 Å². The lowest BCUT2D eigenvalue weighted by molar-refractivity contribution is -0.123. The lowest BCUT2D eigenvalue weighted by atomic mass is 9.85. The molecule has 2 aliphatic rings. The Morgan fingerprint density at radius 2 is 1.81 bits per heavy atom. The van der Waals surface area contributed by atoms with Crippen LogP contribution >= 0.6 is 12.4 Å². The maximum atomic E-state index is 12.8. The Bertz CT molecular complexity index is 800. The first-order chi connectivity index (χ1) is 12.6. The predicted octanol–water partition coefficient (Wildman–Crippen LogP) is 4.37. The van der Waals surface area contributed by atoms with E-state index in [1.165, 1.54) is 12.8 Å². The molecule has 2 unspecified atom stereocenters. The van der Waals surface area contributed by atoms with Crippen molar-refractivity contribution >= 4 is 18.3 Å². The number of amides is 1. The lowest BCUT2D eigenvalue weighted by Gasteiger charge is -2.40. The van der Waals surface area contributed by atoms with E-state index < -0.39 is 6.04 Å². The molecule has 0 radical (unpaired) electrons. The van der Waals surface area contributed by atoms with Gasteiger partial charge < -0.3 is 15.8 Å². The fourth-order valence-electron chi connectivity index (χ4n) is 4.26. The normalized spacial score (nSPS) is 20.9. The van der Waals surface area contributed by atoms with Crippen LogP contribution in [0.4, 0.5) is 0 Å². The van der Waals surface area contributed by atoms with Gasteiger partial charge in [-0.05, 0) is 44.2 Å². The van der Waals surface area contributed by atoms with Crippen molar-refractivity contribution < 1.29 is 9.53 Å². The van der Waals surface area contributed by atoms with Crippen LogP contribution < -0.4 is 15.8 Å². The molecule has 2 aromatic carbocycles. The minimum atomic E-state index is -0.662. The van der Waals surface area contributed by atoms with Crippen molar-refractivity contribution in [2.75, 3.05) is 0 Å². The van der Waals surface area contributed by atoms with Gasteiger partial charge in [-0.2, -0.15) is 0 Å². The molecular weight excluding hydrogens is 360 g/mol. The molecule has 1 heterocycles. The zero-order valence-electron chi connectivity index (χ0n) is 15.6. The van der Waals surface area contributed by atoms with E-state index in [0.29, 0.717) is 0 Å². The topological polar surface area (TPSA) is 64.4 Å². The number of fused-ring (bicyclic) bond motifs is 1. The summed E-state index contributed by atoms with van der Waals surface area (Å²) in [6.45, 7) is 2.02. The fourth-order valence-corrected chi connectivity index (χ4v) is 4.26. The summed E-state index contributed by atoms with van der Waals surface area (Å²) in [5.41, 5.74) is 9.13. The molecule has 1 saturated carbocycles. The Labute approximate surface area is 166 Å². The highest BCUT2D eigenvalue weighted by atomic mass is 35.5. The van der Waals surface area contributed by atoms with E-state index in [4.69, 9.17) is 10.5 Å². The highest BCUT2D eigenvalue weighted by Crippen LogP contribution is 2.47. The molecule has 3 N–H and O–H groups in total. The van der Waals surface area contributed by atoms with Crippen LogP contribution in [-0.4, -0.2) is 11.5 Å². The number of hydrogen-bond donors (Lipinski definition) is 2. The Kier molecular flexibility index (Phi) is 5.78. The van der Waals surface area contributed by atoms with Crippen molar-refractivity contribution in [1.29, 1.82) is 0 Å². The Morgan fingerprint density at radius 3 is 2.52 bits per heavy atom. The molecule has 1 spiro atoms. The van der Waals surface area contributed by atoms with Gasteiger partial charge >= 0.3 is 0 Å². The van der Waals surface area contributed by atoms with Gasteiger partial charge in [-0.15, -0.1) is 12.4 Å². The number of nitrogens with one attached hydrogen (secondary N) is 1. The van der Waals surface area contributed by atoms with Crippen LogP contribution in [0.1, 0.15) is 60.9 Å². The van der Waals surface area contributed by atoms with Crippen molar-refractivity contribution in [1.82, 2.24) is 5.32 Å². The summed E-state index contributed by atoms with van der Waals surface area (Å²) < 4.78 is 6.37. The molecule has 1 fully saturated rings. The number of aryl methyl sites for hydroxylation is 1. The third-order valence-corrected chi connectivity index (χ3v) is 5.75. The highest BCUT2D eigenvalue weighted by molar-refractivity contribution is 5.85. The molecule has 27 heavy (non-hydrogen) atoms. The number of carbonyl (C=O) groups excluding carboxylic acids is 1. The Hall–Kier alpha value is -2.04. The van der Waals surface area contributed by atoms with Crippen molar-refractivity contribution in [3.63, 3.8) is 0 Å². The van der Waals surface area contributed by atoms with Crippen LogP contribution in [0.5, 0.6) is 5.75 Å². The standard InChI is InChI=1S/C22H26N2O2.ClH/c1-15-8-10-16(11-9-15)20(23)21(25)24-18-14-22(12-4-5-13-22)26-19-7-3-2-6-17(18)19;/h2-3,6-11,18,20H,4-5,12-14,23H2,1H3,(H,24,25);1H. The zero-order valence-corrected chi connectivity index (χ0v) is 16.4. The number of para-hydroxylation sites is 1. The highest BCUT2D eigenvalue weighted by Gasteiger charge is 2.43. The number of ether oxygens (including phenoxy) is 1. The number of halogens is 1. The van der Waals surface area contributed by atoms with Gasteiger partial charge in [0.1, 0.15) is 17.4 Å². The first-order valence-electron chi connectivity index (χ1n) is 9.47.